The van der Waals surface area contributed by atoms with Crippen molar-refractivity contribution in [1.29, 1.82) is 0 Å². The first kappa shape index (κ1) is 17.4. The van der Waals surface area contributed by atoms with E-state index in [2.05, 4.69) is 10.2 Å². The van der Waals surface area contributed by atoms with Crippen molar-refractivity contribution in [3.8, 4) is 0 Å². The molecule has 2 saturated heterocycles. The van der Waals surface area contributed by atoms with Crippen molar-refractivity contribution >= 4 is 5.91 Å². The van der Waals surface area contributed by atoms with Crippen molar-refractivity contribution in [3.05, 3.63) is 35.9 Å². The van der Waals surface area contributed by atoms with Crippen LogP contribution in [0.25, 0.3) is 0 Å². The van der Waals surface area contributed by atoms with E-state index in [9.17, 15) is 9.90 Å². The molecule has 2 atom stereocenters. The number of hydrogen-bond acceptors (Lipinski definition) is 4. The van der Waals surface area contributed by atoms with Gasteiger partial charge in [-0.05, 0) is 44.2 Å². The highest BCUT2D eigenvalue weighted by molar-refractivity contribution is 5.78. The van der Waals surface area contributed by atoms with Crippen molar-refractivity contribution in [2.75, 3.05) is 26.3 Å². The summed E-state index contributed by atoms with van der Waals surface area (Å²) in [6.07, 6.45) is 4.18. The van der Waals surface area contributed by atoms with Gasteiger partial charge in [0.2, 0.25) is 5.91 Å². The number of rotatable bonds is 6. The molecule has 1 aromatic carbocycles. The Labute approximate surface area is 144 Å². The minimum absolute atomic E-state index is 0.100. The maximum absolute atomic E-state index is 12.3. The van der Waals surface area contributed by atoms with Gasteiger partial charge in [-0.15, -0.1) is 0 Å². The second-order valence-electron chi connectivity index (χ2n) is 6.88. The highest BCUT2D eigenvalue weighted by Crippen LogP contribution is 2.27. The summed E-state index contributed by atoms with van der Waals surface area (Å²) in [6.45, 7) is 2.85. The van der Waals surface area contributed by atoms with Crippen LogP contribution in [0.4, 0.5) is 0 Å². The van der Waals surface area contributed by atoms with E-state index in [1.165, 1.54) is 0 Å². The zero-order chi connectivity index (χ0) is 16.8. The first-order valence-corrected chi connectivity index (χ1v) is 9.06. The van der Waals surface area contributed by atoms with E-state index < -0.39 is 6.10 Å². The number of benzene rings is 1. The molecule has 5 nitrogen and oxygen atoms in total. The molecule has 0 spiro atoms. The van der Waals surface area contributed by atoms with Crippen LogP contribution < -0.4 is 5.32 Å². The van der Waals surface area contributed by atoms with Gasteiger partial charge in [0.15, 0.2) is 0 Å². The fraction of sp³-hybridized carbons (Fsp3) is 0.632. The molecule has 1 aromatic rings. The third-order valence-corrected chi connectivity index (χ3v) is 5.11. The lowest BCUT2D eigenvalue weighted by Crippen LogP contribution is -2.45. The number of aliphatic hydroxyl groups is 1. The van der Waals surface area contributed by atoms with Crippen LogP contribution in [0.3, 0.4) is 0 Å². The number of nitrogens with zero attached hydrogens (tertiary/aromatic N) is 1. The van der Waals surface area contributed by atoms with Gasteiger partial charge in [-0.2, -0.15) is 0 Å². The van der Waals surface area contributed by atoms with Crippen LogP contribution >= 0.6 is 0 Å². The molecule has 1 amide bonds. The molecule has 5 heteroatoms. The van der Waals surface area contributed by atoms with Crippen LogP contribution in [0.15, 0.2) is 30.3 Å². The van der Waals surface area contributed by atoms with Crippen LogP contribution in [-0.4, -0.2) is 54.3 Å². The number of nitrogens with one attached hydrogen (secondary N) is 1. The van der Waals surface area contributed by atoms with Gasteiger partial charge in [0, 0.05) is 25.3 Å². The lowest BCUT2D eigenvalue weighted by atomic mass is 10.0. The van der Waals surface area contributed by atoms with Gasteiger partial charge in [0.25, 0.3) is 0 Å². The molecule has 2 aliphatic rings. The standard InChI is InChI=1S/C19H28N2O3/c22-18(15-5-2-1-3-6-15)13-17-7-4-10-21(17)14-19(23)20-16-8-11-24-12-9-16/h1-3,5-6,16-18,22H,4,7-14H2,(H,20,23). The highest BCUT2D eigenvalue weighted by atomic mass is 16.5. The Bertz CT molecular complexity index is 517. The van der Waals surface area contributed by atoms with Crippen LogP contribution in [0.5, 0.6) is 0 Å². The third kappa shape index (κ3) is 4.79. The molecule has 2 N–H and O–H groups in total. The average molecular weight is 332 g/mol. The van der Waals surface area contributed by atoms with Gasteiger partial charge >= 0.3 is 0 Å². The minimum Gasteiger partial charge on any atom is -0.388 e. The summed E-state index contributed by atoms with van der Waals surface area (Å²) < 4.78 is 5.33. The topological polar surface area (TPSA) is 61.8 Å². The monoisotopic (exact) mass is 332 g/mol. The Balaban J connectivity index is 1.48. The summed E-state index contributed by atoms with van der Waals surface area (Å²) in [7, 11) is 0. The average Bonchev–Trinajstić information content (AvgIpc) is 3.03. The molecule has 3 rings (SSSR count). The summed E-state index contributed by atoms with van der Waals surface area (Å²) in [4.78, 5) is 14.5. The molecule has 0 saturated carbocycles. The molecule has 0 bridgehead atoms. The molecule has 0 aliphatic carbocycles. The van der Waals surface area contributed by atoms with Gasteiger partial charge in [-0.1, -0.05) is 30.3 Å². The third-order valence-electron chi connectivity index (χ3n) is 5.11. The van der Waals surface area contributed by atoms with Crippen molar-refractivity contribution < 1.29 is 14.6 Å². The molecular formula is C19H28N2O3. The number of hydrogen-bond donors (Lipinski definition) is 2. The Morgan fingerprint density at radius 2 is 2.00 bits per heavy atom. The molecule has 2 heterocycles. The minimum atomic E-state index is -0.463. The fourth-order valence-corrected chi connectivity index (χ4v) is 3.74. The van der Waals surface area contributed by atoms with E-state index in [0.717, 1.165) is 51.0 Å². The summed E-state index contributed by atoms with van der Waals surface area (Å²) >= 11 is 0. The molecule has 2 fully saturated rings. The number of carbonyl (C=O) groups is 1. The number of carbonyl (C=O) groups excluding carboxylic acids is 1. The predicted molar refractivity (Wildman–Crippen MR) is 92.6 cm³/mol. The maximum Gasteiger partial charge on any atom is 0.234 e. The molecule has 24 heavy (non-hydrogen) atoms. The summed E-state index contributed by atoms with van der Waals surface area (Å²) in [5.74, 6) is 0.100. The van der Waals surface area contributed by atoms with E-state index in [-0.39, 0.29) is 18.0 Å². The Morgan fingerprint density at radius 1 is 1.25 bits per heavy atom. The molecule has 132 valence electrons. The number of aliphatic hydroxyl groups excluding tert-OH is 1. The van der Waals surface area contributed by atoms with Crippen LogP contribution in [-0.2, 0) is 9.53 Å². The van der Waals surface area contributed by atoms with Gasteiger partial charge in [-0.25, -0.2) is 0 Å². The zero-order valence-electron chi connectivity index (χ0n) is 14.2. The first-order chi connectivity index (χ1) is 11.7. The van der Waals surface area contributed by atoms with Gasteiger partial charge < -0.3 is 15.2 Å². The molecule has 2 aliphatic heterocycles. The fourth-order valence-electron chi connectivity index (χ4n) is 3.74. The van der Waals surface area contributed by atoms with Crippen molar-refractivity contribution in [3.63, 3.8) is 0 Å². The maximum atomic E-state index is 12.3. The molecule has 0 radical (unpaired) electrons. The summed E-state index contributed by atoms with van der Waals surface area (Å²) in [5, 5.41) is 13.6. The SMILES string of the molecule is O=C(CN1CCCC1CC(O)c1ccccc1)NC1CCOCC1. The van der Waals surface area contributed by atoms with Crippen LogP contribution in [0, 0.1) is 0 Å². The van der Waals surface area contributed by atoms with Crippen molar-refractivity contribution in [1.82, 2.24) is 10.2 Å². The summed E-state index contributed by atoms with van der Waals surface area (Å²) in [6, 6.07) is 10.3. The van der Waals surface area contributed by atoms with Crippen LogP contribution in [0.1, 0.15) is 43.8 Å². The second-order valence-corrected chi connectivity index (χ2v) is 6.88. The van der Waals surface area contributed by atoms with Crippen molar-refractivity contribution in [2.24, 2.45) is 0 Å². The Kier molecular flexibility index (Phi) is 6.24. The predicted octanol–water partition coefficient (Wildman–Crippen LogP) is 1.87. The number of amides is 1. The van der Waals surface area contributed by atoms with E-state index in [0.29, 0.717) is 13.0 Å². The Morgan fingerprint density at radius 3 is 2.75 bits per heavy atom. The van der Waals surface area contributed by atoms with E-state index in [1.54, 1.807) is 0 Å². The van der Waals surface area contributed by atoms with Gasteiger partial charge in [0.05, 0.1) is 12.6 Å². The van der Waals surface area contributed by atoms with E-state index in [1.807, 2.05) is 30.3 Å². The quantitative estimate of drug-likeness (QED) is 0.835. The first-order valence-electron chi connectivity index (χ1n) is 9.06. The van der Waals surface area contributed by atoms with E-state index in [4.69, 9.17) is 4.74 Å². The zero-order valence-corrected chi connectivity index (χ0v) is 14.2. The lowest BCUT2D eigenvalue weighted by Gasteiger charge is -2.28. The normalized spacial score (nSPS) is 24.0. The molecule has 2 unspecified atom stereocenters. The molecule has 0 aromatic heterocycles. The number of ether oxygens (including phenoxy) is 1. The van der Waals surface area contributed by atoms with Crippen LogP contribution in [0.2, 0.25) is 0 Å². The largest absolute Gasteiger partial charge is 0.388 e. The molecular weight excluding hydrogens is 304 g/mol. The highest BCUT2D eigenvalue weighted by Gasteiger charge is 2.29. The lowest BCUT2D eigenvalue weighted by molar-refractivity contribution is -0.123. The van der Waals surface area contributed by atoms with Crippen molar-refractivity contribution in [2.45, 2.75) is 50.3 Å². The van der Waals surface area contributed by atoms with E-state index >= 15 is 0 Å². The van der Waals surface area contributed by atoms with Gasteiger partial charge in [-0.3, -0.25) is 9.69 Å². The second kappa shape index (κ2) is 8.60. The summed E-state index contributed by atoms with van der Waals surface area (Å²) in [5.41, 5.74) is 0.955. The number of likely N-dealkylation sites (tertiary alicyclic amines) is 1. The van der Waals surface area contributed by atoms with Gasteiger partial charge in [0.1, 0.15) is 0 Å². The smallest absolute Gasteiger partial charge is 0.234 e. The Hall–Kier alpha value is -1.43.